The van der Waals surface area contributed by atoms with Crippen LogP contribution >= 0.6 is 0 Å². The van der Waals surface area contributed by atoms with Crippen LogP contribution in [0.25, 0.3) is 0 Å². The van der Waals surface area contributed by atoms with Crippen molar-refractivity contribution in [1.29, 1.82) is 0 Å². The molecule has 0 aromatic carbocycles. The number of hydrogen-bond acceptors (Lipinski definition) is 29. The van der Waals surface area contributed by atoms with E-state index in [2.05, 4.69) is 26.5 Å². The number of esters is 1. The molecule has 29 nitrogen and oxygen atoms in total. The van der Waals surface area contributed by atoms with Crippen LogP contribution in [0.1, 0.15) is 99.3 Å². The Labute approximate surface area is 514 Å². The zero-order chi connectivity index (χ0) is 64.9. The number of aliphatic hydroxyl groups excluding tert-OH is 16. The summed E-state index contributed by atoms with van der Waals surface area (Å²) in [6.45, 7) is 11.7. The van der Waals surface area contributed by atoms with Crippen LogP contribution in [0.2, 0.25) is 0 Å². The molecule has 0 amide bonds. The Hall–Kier alpha value is -2.42. The number of aliphatic hydroxyl groups is 16. The fourth-order valence-electron chi connectivity index (χ4n) is 17.4. The highest BCUT2D eigenvalue weighted by Gasteiger charge is 2.79. The smallest absolute Gasteiger partial charge is 0.314 e. The van der Waals surface area contributed by atoms with E-state index in [4.69, 9.17) is 52.1 Å². The average Bonchev–Trinajstić information content (AvgIpc) is 1.48. The third kappa shape index (κ3) is 11.6. The quantitative estimate of drug-likeness (QED) is 0.0328. The molecule has 10 rings (SSSR count). The van der Waals surface area contributed by atoms with E-state index in [1.165, 1.54) is 5.57 Å². The van der Waals surface area contributed by atoms with Crippen molar-refractivity contribution in [2.24, 2.45) is 39.4 Å². The maximum atomic E-state index is 14.5. The fraction of sp³-hybridized carbons (Fsp3) is 0.900. The van der Waals surface area contributed by atoms with Crippen molar-refractivity contribution in [1.82, 2.24) is 0 Å². The Morgan fingerprint density at radius 2 is 1.01 bits per heavy atom. The highest BCUT2D eigenvalue weighted by atomic mass is 16.8. The van der Waals surface area contributed by atoms with E-state index in [0.717, 1.165) is 18.4 Å². The number of ketones is 1. The minimum atomic E-state index is -2.20. The van der Waals surface area contributed by atoms with Crippen LogP contribution in [0.4, 0.5) is 0 Å². The lowest BCUT2D eigenvalue weighted by molar-refractivity contribution is -0.404. The van der Waals surface area contributed by atoms with Gasteiger partial charge < -0.3 is 134 Å². The molecule has 89 heavy (non-hydrogen) atoms. The lowest BCUT2D eigenvalue weighted by atomic mass is 9.41. The largest absolute Gasteiger partial charge is 0.458 e. The zero-order valence-electron chi connectivity index (χ0n) is 50.9. The average molecular weight is 1280 g/mol. The molecule has 6 saturated heterocycles. The van der Waals surface area contributed by atoms with Gasteiger partial charge in [-0.05, 0) is 93.3 Å². The van der Waals surface area contributed by atoms with Gasteiger partial charge in [0.15, 0.2) is 31.5 Å². The fourth-order valence-corrected chi connectivity index (χ4v) is 17.4. The molecule has 10 aliphatic rings. The van der Waals surface area contributed by atoms with E-state index in [1.807, 2.05) is 27.7 Å². The van der Waals surface area contributed by atoms with Crippen molar-refractivity contribution < 1.29 is 143 Å². The summed E-state index contributed by atoms with van der Waals surface area (Å²) < 4.78 is 66.4. The van der Waals surface area contributed by atoms with E-state index >= 15 is 0 Å². The van der Waals surface area contributed by atoms with Crippen LogP contribution in [-0.2, 0) is 61.7 Å². The molecular weight excluding hydrogens is 1180 g/mol. The van der Waals surface area contributed by atoms with Crippen molar-refractivity contribution in [2.45, 2.75) is 265 Å². The Morgan fingerprint density at radius 1 is 0.539 bits per heavy atom. The number of carbonyl (C=O) groups is 2. The third-order valence-corrected chi connectivity index (χ3v) is 22.2. The molecule has 6 heterocycles. The van der Waals surface area contributed by atoms with Crippen molar-refractivity contribution >= 4 is 11.8 Å². The van der Waals surface area contributed by atoms with Crippen LogP contribution < -0.4 is 0 Å². The number of Topliss-reactive ketones (excluding diaryl/α,β-unsaturated/α-hetero) is 1. The Kier molecular flexibility index (Phi) is 20.5. The lowest BCUT2D eigenvalue weighted by Crippen LogP contribution is -2.68. The summed E-state index contributed by atoms with van der Waals surface area (Å²) in [7, 11) is 0. The van der Waals surface area contributed by atoms with Crippen molar-refractivity contribution in [3.63, 3.8) is 0 Å². The first-order valence-electron chi connectivity index (χ1n) is 31.1. The van der Waals surface area contributed by atoms with Crippen LogP contribution in [0.15, 0.2) is 23.8 Å². The number of hydrogen-bond donors (Lipinski definition) is 16. The van der Waals surface area contributed by atoms with Crippen LogP contribution in [-0.4, -0.2) is 292 Å². The van der Waals surface area contributed by atoms with E-state index in [9.17, 15) is 91.3 Å². The summed E-state index contributed by atoms with van der Waals surface area (Å²) in [5.74, 6) is -1.12. The van der Waals surface area contributed by atoms with Gasteiger partial charge in [0.1, 0.15) is 133 Å². The molecule has 508 valence electrons. The van der Waals surface area contributed by atoms with Gasteiger partial charge in [0.25, 0.3) is 0 Å². The van der Waals surface area contributed by atoms with E-state index < -0.39 is 226 Å². The van der Waals surface area contributed by atoms with Crippen LogP contribution in [0, 0.1) is 39.4 Å². The predicted octanol–water partition coefficient (Wildman–Crippen LogP) is -4.71. The van der Waals surface area contributed by atoms with Crippen molar-refractivity contribution in [3.05, 3.63) is 23.8 Å². The number of rotatable bonds is 19. The SMILES string of the molecule is C=C(C)CCCC1(C)OC(=O)C23CC=C4C(CCC5C4(C)CCC(OC4OC(CO)C(OC6OC(CO)C(O)C(O)C6O)C(O)C4OC4OC(CO)C(OC6OC(CO)C(O)C(OC7OC(CO)C(O)C(O)C7O)C6O)C(O)C4O)C5(C)C)C2(C)CC(=O)C13. The number of cyclic esters (lactones) is 1. The second-order valence-electron chi connectivity index (χ2n) is 27.9. The molecule has 4 aliphatic carbocycles. The topological polar surface area (TPSA) is 459 Å². The molecule has 1 spiro atoms. The molecule has 16 N–H and O–H groups in total. The molecule has 33 unspecified atom stereocenters. The monoisotopic (exact) mass is 1280 g/mol. The summed E-state index contributed by atoms with van der Waals surface area (Å²) >= 11 is 0. The van der Waals surface area contributed by atoms with Crippen LogP contribution in [0.3, 0.4) is 0 Å². The molecule has 9 fully saturated rings. The molecular formula is C60H94O29. The van der Waals surface area contributed by atoms with Gasteiger partial charge in [-0.3, -0.25) is 9.59 Å². The lowest BCUT2D eigenvalue weighted by Gasteiger charge is -2.63. The van der Waals surface area contributed by atoms with Gasteiger partial charge in [0.2, 0.25) is 0 Å². The van der Waals surface area contributed by atoms with Gasteiger partial charge in [-0.25, -0.2) is 0 Å². The van der Waals surface area contributed by atoms with E-state index in [0.29, 0.717) is 38.5 Å². The third-order valence-electron chi connectivity index (χ3n) is 22.2. The second kappa shape index (κ2) is 26.3. The van der Waals surface area contributed by atoms with Crippen molar-refractivity contribution in [2.75, 3.05) is 33.0 Å². The standard InChI is InChI=1S/C60H94O29/c1-23(2)9-8-14-59(7)49-26(66)17-58(6)25-10-11-32-56(3,4)33(13-15-57(32,5)24(25)12-16-60(49,58)55(78)89-59)84-54-48(43(76)46(31(22-65)83-54)86-50-40(73)37(70)34(67)27(18-61)79-50)88-52-42(75)39(72)45(30(21-64)82-52)85-53-44(77)47(36(69)29(20-63)81-53)87-51-41(74)38(71)35(68)28(19-62)80-51/h12,25,27-54,61-65,67-77H,1,8-11,13-22H2,2-7H3. The maximum absolute atomic E-state index is 14.5. The minimum Gasteiger partial charge on any atom is -0.458 e. The highest BCUT2D eigenvalue weighted by Crippen LogP contribution is 2.75. The molecule has 0 aromatic rings. The Bertz CT molecular complexity index is 2540. The zero-order valence-corrected chi connectivity index (χ0v) is 50.9. The number of carbonyl (C=O) groups excluding carboxylic acids is 2. The highest BCUT2D eigenvalue weighted by molar-refractivity contribution is 5.99. The minimum absolute atomic E-state index is 0.0379. The maximum Gasteiger partial charge on any atom is 0.314 e. The van der Waals surface area contributed by atoms with Gasteiger partial charge in [0, 0.05) is 6.42 Å². The first-order chi connectivity index (χ1) is 41.9. The van der Waals surface area contributed by atoms with Crippen LogP contribution in [0.5, 0.6) is 0 Å². The number of ether oxygens (including phenoxy) is 11. The van der Waals surface area contributed by atoms with Gasteiger partial charge >= 0.3 is 5.97 Å². The summed E-state index contributed by atoms with van der Waals surface area (Å²) in [6, 6.07) is 0. The number of allylic oxidation sites excluding steroid dienone is 3. The Balaban J connectivity index is 0.899. The number of fused-ring (bicyclic) bond motifs is 4. The molecule has 0 radical (unpaired) electrons. The second-order valence-corrected chi connectivity index (χ2v) is 27.9. The van der Waals surface area contributed by atoms with E-state index in [1.54, 1.807) is 0 Å². The molecule has 33 atom stereocenters. The van der Waals surface area contributed by atoms with Gasteiger partial charge in [-0.2, -0.15) is 0 Å². The molecule has 0 aromatic heterocycles. The summed E-state index contributed by atoms with van der Waals surface area (Å²) in [6.07, 6.45) is -40.4. The molecule has 6 aliphatic heterocycles. The first-order valence-corrected chi connectivity index (χ1v) is 31.1. The molecule has 29 heteroatoms. The van der Waals surface area contributed by atoms with Gasteiger partial charge in [-0.1, -0.05) is 44.9 Å². The Morgan fingerprint density at radius 3 is 1.55 bits per heavy atom. The summed E-state index contributed by atoms with van der Waals surface area (Å²) in [5.41, 5.74) is -1.76. The van der Waals surface area contributed by atoms with E-state index in [-0.39, 0.29) is 30.0 Å². The summed E-state index contributed by atoms with van der Waals surface area (Å²) in [5, 5.41) is 174. The summed E-state index contributed by atoms with van der Waals surface area (Å²) in [4.78, 5) is 28.9. The normalized spacial score (nSPS) is 52.2. The first kappa shape index (κ1) is 69.4. The molecule has 3 saturated carbocycles. The van der Waals surface area contributed by atoms with Gasteiger partial charge in [0.05, 0.1) is 50.5 Å². The molecule has 0 bridgehead atoms. The predicted molar refractivity (Wildman–Crippen MR) is 296 cm³/mol. The van der Waals surface area contributed by atoms with Gasteiger partial charge in [-0.15, -0.1) is 6.58 Å². The van der Waals surface area contributed by atoms with Crippen molar-refractivity contribution in [3.8, 4) is 0 Å².